The van der Waals surface area contributed by atoms with Crippen LogP contribution < -0.4 is 10.1 Å². The van der Waals surface area contributed by atoms with Crippen LogP contribution >= 0.6 is 0 Å². The molecule has 0 aromatic heterocycles. The molecule has 0 saturated heterocycles. The highest BCUT2D eigenvalue weighted by Crippen LogP contribution is 2.27. The molecule has 1 aliphatic rings. The van der Waals surface area contributed by atoms with Crippen molar-refractivity contribution in [3.05, 3.63) is 29.8 Å². The van der Waals surface area contributed by atoms with E-state index in [0.717, 1.165) is 19.3 Å². The van der Waals surface area contributed by atoms with Gasteiger partial charge in [-0.3, -0.25) is 9.59 Å². The van der Waals surface area contributed by atoms with Crippen molar-refractivity contribution in [1.82, 2.24) is 5.32 Å². The van der Waals surface area contributed by atoms with Crippen molar-refractivity contribution < 1.29 is 14.3 Å². The van der Waals surface area contributed by atoms with Crippen molar-refractivity contribution in [3.8, 4) is 11.8 Å². The van der Waals surface area contributed by atoms with Gasteiger partial charge in [-0.1, -0.05) is 26.2 Å². The molecule has 1 fully saturated rings. The number of carbonyl (C=O) groups is 2. The number of rotatable bonds is 6. The Bertz CT molecular complexity index is 625. The molecule has 0 aliphatic heterocycles. The largest absolute Gasteiger partial charge is 0.481 e. The van der Waals surface area contributed by atoms with Crippen LogP contribution in [0.1, 0.15) is 62.7 Å². The highest BCUT2D eigenvalue weighted by atomic mass is 16.5. The summed E-state index contributed by atoms with van der Waals surface area (Å²) in [7, 11) is 0. The number of carbonyl (C=O) groups excluding carboxylic acids is 2. The first-order chi connectivity index (χ1) is 11.5. The van der Waals surface area contributed by atoms with Crippen LogP contribution in [0.2, 0.25) is 0 Å². The number of benzene rings is 1. The smallest absolute Gasteiger partial charge is 0.262 e. The number of ether oxygens (including phenoxy) is 1. The number of ketones is 1. The van der Waals surface area contributed by atoms with Gasteiger partial charge in [0.15, 0.2) is 11.9 Å². The van der Waals surface area contributed by atoms with E-state index in [1.807, 2.05) is 6.92 Å². The topological polar surface area (TPSA) is 79.2 Å². The van der Waals surface area contributed by atoms with Crippen molar-refractivity contribution in [1.29, 1.82) is 5.26 Å². The van der Waals surface area contributed by atoms with Crippen LogP contribution in [0.15, 0.2) is 24.3 Å². The monoisotopic (exact) mass is 328 g/mol. The first-order valence-corrected chi connectivity index (χ1v) is 8.53. The molecule has 0 radical (unpaired) electrons. The Morgan fingerprint density at radius 3 is 2.42 bits per heavy atom. The van der Waals surface area contributed by atoms with Crippen molar-refractivity contribution in [2.45, 2.75) is 64.0 Å². The molecule has 5 nitrogen and oxygen atoms in total. The second-order valence-corrected chi connectivity index (χ2v) is 6.31. The van der Waals surface area contributed by atoms with E-state index < -0.39 is 11.6 Å². The lowest BCUT2D eigenvalue weighted by molar-refractivity contribution is -0.129. The lowest BCUT2D eigenvalue weighted by atomic mass is 9.83. The normalized spacial score (nSPS) is 17.4. The SMILES string of the molecule is CCC(=O)c1ccc(O[C@@H](C)C(=O)NC2(C#N)CCCCC2)cc1. The van der Waals surface area contributed by atoms with E-state index in [1.165, 1.54) is 0 Å². The van der Waals surface area contributed by atoms with Crippen molar-refractivity contribution in [2.75, 3.05) is 0 Å². The zero-order valence-electron chi connectivity index (χ0n) is 14.3. The number of Topliss-reactive ketones (excluding diaryl/α,β-unsaturated/α-hetero) is 1. The Morgan fingerprint density at radius 2 is 1.88 bits per heavy atom. The summed E-state index contributed by atoms with van der Waals surface area (Å²) in [5, 5.41) is 12.3. The summed E-state index contributed by atoms with van der Waals surface area (Å²) < 4.78 is 5.64. The molecule has 1 saturated carbocycles. The third kappa shape index (κ3) is 4.35. The van der Waals surface area contributed by atoms with Gasteiger partial charge in [0.05, 0.1) is 6.07 Å². The fourth-order valence-electron chi connectivity index (χ4n) is 2.94. The van der Waals surface area contributed by atoms with Crippen LogP contribution in [0.4, 0.5) is 0 Å². The van der Waals surface area contributed by atoms with Crippen LogP contribution in [0.3, 0.4) is 0 Å². The average Bonchev–Trinajstić information content (AvgIpc) is 2.62. The third-order valence-electron chi connectivity index (χ3n) is 4.46. The Labute approximate surface area is 143 Å². The summed E-state index contributed by atoms with van der Waals surface area (Å²) in [5.41, 5.74) is -0.128. The molecule has 1 atom stereocenters. The number of hydrogen-bond acceptors (Lipinski definition) is 4. The lowest BCUT2D eigenvalue weighted by Gasteiger charge is -2.32. The molecular formula is C19H24N2O3. The van der Waals surface area contributed by atoms with E-state index in [0.29, 0.717) is 30.6 Å². The van der Waals surface area contributed by atoms with Gasteiger partial charge in [-0.25, -0.2) is 0 Å². The molecule has 0 unspecified atom stereocenters. The maximum Gasteiger partial charge on any atom is 0.262 e. The van der Waals surface area contributed by atoms with E-state index in [2.05, 4.69) is 11.4 Å². The highest BCUT2D eigenvalue weighted by Gasteiger charge is 2.35. The van der Waals surface area contributed by atoms with Crippen molar-refractivity contribution >= 4 is 11.7 Å². The Kier molecular flexibility index (Phi) is 5.97. The second-order valence-electron chi connectivity index (χ2n) is 6.31. The van der Waals surface area contributed by atoms with Crippen LogP contribution in [0.25, 0.3) is 0 Å². The maximum atomic E-state index is 12.4. The molecule has 1 aliphatic carbocycles. The van der Waals surface area contributed by atoms with Gasteiger partial charge in [-0.05, 0) is 44.0 Å². The number of nitrogens with one attached hydrogen (secondary N) is 1. The summed E-state index contributed by atoms with van der Waals surface area (Å²) in [6.07, 6.45) is 4.14. The standard InChI is InChI=1S/C19H24N2O3/c1-3-17(22)15-7-9-16(10-8-15)24-14(2)18(23)21-19(13-20)11-5-4-6-12-19/h7-10,14H,3-6,11-12H2,1-2H3,(H,21,23)/t14-/m0/s1. The summed E-state index contributed by atoms with van der Waals surface area (Å²) in [6.45, 7) is 3.48. The first-order valence-electron chi connectivity index (χ1n) is 8.53. The Morgan fingerprint density at radius 1 is 1.25 bits per heavy atom. The fourth-order valence-corrected chi connectivity index (χ4v) is 2.94. The molecule has 0 spiro atoms. The molecule has 1 N–H and O–H groups in total. The van der Waals surface area contributed by atoms with E-state index in [1.54, 1.807) is 31.2 Å². The molecule has 1 amide bonds. The number of hydrogen-bond donors (Lipinski definition) is 1. The van der Waals surface area contributed by atoms with Gasteiger partial charge >= 0.3 is 0 Å². The summed E-state index contributed by atoms with van der Waals surface area (Å²) in [5.74, 6) is 0.313. The van der Waals surface area contributed by atoms with Gasteiger partial charge in [0.25, 0.3) is 5.91 Å². The first kappa shape index (κ1) is 18.0. The molecule has 0 heterocycles. The van der Waals surface area contributed by atoms with Gasteiger partial charge in [0, 0.05) is 12.0 Å². The van der Waals surface area contributed by atoms with Gasteiger partial charge in [0.2, 0.25) is 0 Å². The molecule has 1 aromatic carbocycles. The number of nitriles is 1. The van der Waals surface area contributed by atoms with Crippen LogP contribution in [0.5, 0.6) is 5.75 Å². The molecule has 5 heteroatoms. The van der Waals surface area contributed by atoms with E-state index in [4.69, 9.17) is 4.74 Å². The maximum absolute atomic E-state index is 12.4. The Balaban J connectivity index is 1.96. The average molecular weight is 328 g/mol. The van der Waals surface area contributed by atoms with Gasteiger partial charge in [-0.2, -0.15) is 5.26 Å². The van der Waals surface area contributed by atoms with Crippen LogP contribution in [-0.2, 0) is 4.79 Å². The van der Waals surface area contributed by atoms with Gasteiger partial charge in [0.1, 0.15) is 11.3 Å². The second kappa shape index (κ2) is 7.96. The third-order valence-corrected chi connectivity index (χ3v) is 4.46. The van der Waals surface area contributed by atoms with Crippen molar-refractivity contribution in [2.24, 2.45) is 0 Å². The summed E-state index contributed by atoms with van der Waals surface area (Å²) in [6, 6.07) is 9.04. The number of amides is 1. The minimum absolute atomic E-state index is 0.0700. The highest BCUT2D eigenvalue weighted by molar-refractivity contribution is 5.95. The van der Waals surface area contributed by atoms with Gasteiger partial charge < -0.3 is 10.1 Å². The molecule has 1 aromatic rings. The molecule has 128 valence electrons. The quantitative estimate of drug-likeness (QED) is 0.812. The number of nitrogens with zero attached hydrogens (tertiary/aromatic N) is 1. The molecule has 2 rings (SSSR count). The Hall–Kier alpha value is -2.35. The molecular weight excluding hydrogens is 304 g/mol. The minimum atomic E-state index is -0.760. The predicted octanol–water partition coefficient (Wildman–Crippen LogP) is 3.39. The summed E-state index contributed by atoms with van der Waals surface area (Å²) >= 11 is 0. The van der Waals surface area contributed by atoms with Crippen molar-refractivity contribution in [3.63, 3.8) is 0 Å². The zero-order chi connectivity index (χ0) is 17.6. The minimum Gasteiger partial charge on any atom is -0.481 e. The predicted molar refractivity (Wildman–Crippen MR) is 90.7 cm³/mol. The lowest BCUT2D eigenvalue weighted by Crippen LogP contribution is -2.52. The van der Waals surface area contributed by atoms with Crippen LogP contribution in [-0.4, -0.2) is 23.3 Å². The fraction of sp³-hybridized carbons (Fsp3) is 0.526. The van der Waals surface area contributed by atoms with E-state index >= 15 is 0 Å². The molecule has 0 bridgehead atoms. The van der Waals surface area contributed by atoms with Crippen LogP contribution in [0, 0.1) is 11.3 Å². The van der Waals surface area contributed by atoms with Gasteiger partial charge in [-0.15, -0.1) is 0 Å². The zero-order valence-corrected chi connectivity index (χ0v) is 14.3. The van der Waals surface area contributed by atoms with E-state index in [-0.39, 0.29) is 11.7 Å². The summed E-state index contributed by atoms with van der Waals surface area (Å²) in [4.78, 5) is 24.0. The van der Waals surface area contributed by atoms with E-state index in [9.17, 15) is 14.9 Å². The molecule has 24 heavy (non-hydrogen) atoms.